The van der Waals surface area contributed by atoms with E-state index in [9.17, 15) is 0 Å². The van der Waals surface area contributed by atoms with E-state index in [1.807, 2.05) is 0 Å². The molecule has 2 nitrogen and oxygen atoms in total. The van der Waals surface area contributed by atoms with Crippen LogP contribution in [-0.4, -0.2) is 13.2 Å². The second-order valence-corrected chi connectivity index (χ2v) is 8.04. The molecule has 1 aliphatic heterocycles. The normalized spacial score (nSPS) is 19.6. The van der Waals surface area contributed by atoms with Gasteiger partial charge in [0.1, 0.15) is 12.2 Å². The van der Waals surface area contributed by atoms with Gasteiger partial charge in [0.05, 0.1) is 13.2 Å². The number of hydrogen-bond donors (Lipinski definition) is 0. The maximum absolute atomic E-state index is 6.15. The average Bonchev–Trinajstić information content (AvgIpc) is 2.76. The molecule has 0 N–H and O–H groups in total. The van der Waals surface area contributed by atoms with Crippen LogP contribution in [0.1, 0.15) is 86.8 Å². The Labute approximate surface area is 171 Å². The molecule has 0 bridgehead atoms. The van der Waals surface area contributed by atoms with Crippen LogP contribution in [0.3, 0.4) is 0 Å². The highest BCUT2D eigenvalue weighted by Gasteiger charge is 2.24. The fraction of sp³-hybridized carbons (Fsp3) is 0.538. The van der Waals surface area contributed by atoms with Crippen LogP contribution < -0.4 is 0 Å². The van der Waals surface area contributed by atoms with E-state index in [2.05, 4.69) is 62.4 Å². The predicted octanol–water partition coefficient (Wildman–Crippen LogP) is 6.98. The number of unbranched alkanes of at least 4 members (excludes halogenated alkanes) is 4. The molecule has 2 aromatic carbocycles. The van der Waals surface area contributed by atoms with Gasteiger partial charge in [-0.1, -0.05) is 88.1 Å². The molecule has 0 unspecified atom stereocenters. The van der Waals surface area contributed by atoms with Crippen LogP contribution in [0.5, 0.6) is 0 Å². The SMILES string of the molecule is CCCCCCc1ccc([C@@H]2CO[C@@H](c3ccc(CCCC)cc3)CO2)cc1. The minimum absolute atomic E-state index is 0.0502. The van der Waals surface area contributed by atoms with Crippen molar-refractivity contribution >= 4 is 0 Å². The predicted molar refractivity (Wildman–Crippen MR) is 117 cm³/mol. The van der Waals surface area contributed by atoms with Gasteiger partial charge in [-0.3, -0.25) is 0 Å². The Balaban J connectivity index is 1.47. The monoisotopic (exact) mass is 380 g/mol. The first-order valence-corrected chi connectivity index (χ1v) is 11.2. The second kappa shape index (κ2) is 11.4. The third-order valence-electron chi connectivity index (χ3n) is 5.74. The number of rotatable bonds is 10. The fourth-order valence-corrected chi connectivity index (χ4v) is 3.82. The maximum Gasteiger partial charge on any atom is 0.106 e. The van der Waals surface area contributed by atoms with E-state index >= 15 is 0 Å². The molecule has 1 aliphatic rings. The molecule has 152 valence electrons. The second-order valence-electron chi connectivity index (χ2n) is 8.04. The molecular weight excluding hydrogens is 344 g/mol. The number of aryl methyl sites for hydroxylation is 2. The zero-order valence-corrected chi connectivity index (χ0v) is 17.7. The molecule has 0 aromatic heterocycles. The number of ether oxygens (including phenoxy) is 2. The zero-order chi connectivity index (χ0) is 19.6. The maximum atomic E-state index is 6.15. The number of benzene rings is 2. The van der Waals surface area contributed by atoms with E-state index in [1.54, 1.807) is 0 Å². The molecule has 28 heavy (non-hydrogen) atoms. The summed E-state index contributed by atoms with van der Waals surface area (Å²) in [6.07, 6.45) is 10.2. The molecule has 1 fully saturated rings. The lowest BCUT2D eigenvalue weighted by Gasteiger charge is -2.30. The van der Waals surface area contributed by atoms with Gasteiger partial charge < -0.3 is 9.47 Å². The van der Waals surface area contributed by atoms with Gasteiger partial charge in [0.25, 0.3) is 0 Å². The topological polar surface area (TPSA) is 18.5 Å². The molecule has 0 radical (unpaired) electrons. The first kappa shape index (κ1) is 21.1. The van der Waals surface area contributed by atoms with Gasteiger partial charge in [-0.2, -0.15) is 0 Å². The van der Waals surface area contributed by atoms with E-state index in [0.29, 0.717) is 13.2 Å². The van der Waals surface area contributed by atoms with Crippen LogP contribution in [0, 0.1) is 0 Å². The smallest absolute Gasteiger partial charge is 0.106 e. The lowest BCUT2D eigenvalue weighted by molar-refractivity contribution is -0.137. The molecular formula is C26H36O2. The van der Waals surface area contributed by atoms with E-state index in [0.717, 1.165) is 6.42 Å². The summed E-state index contributed by atoms with van der Waals surface area (Å²) in [6, 6.07) is 17.8. The highest BCUT2D eigenvalue weighted by Crippen LogP contribution is 2.30. The van der Waals surface area contributed by atoms with Crippen LogP contribution in [-0.2, 0) is 22.3 Å². The van der Waals surface area contributed by atoms with Gasteiger partial charge in [0, 0.05) is 0 Å². The minimum Gasteiger partial charge on any atom is -0.368 e. The van der Waals surface area contributed by atoms with Crippen molar-refractivity contribution in [2.75, 3.05) is 13.2 Å². The van der Waals surface area contributed by atoms with Gasteiger partial charge in [0.15, 0.2) is 0 Å². The molecule has 0 amide bonds. The largest absolute Gasteiger partial charge is 0.368 e. The molecule has 1 heterocycles. The highest BCUT2D eigenvalue weighted by atomic mass is 16.6. The first-order chi connectivity index (χ1) is 13.8. The van der Waals surface area contributed by atoms with Crippen LogP contribution >= 0.6 is 0 Å². The van der Waals surface area contributed by atoms with Crippen molar-refractivity contribution < 1.29 is 9.47 Å². The zero-order valence-electron chi connectivity index (χ0n) is 17.7. The molecule has 0 saturated carbocycles. The summed E-state index contributed by atoms with van der Waals surface area (Å²) in [5.41, 5.74) is 5.29. The lowest BCUT2D eigenvalue weighted by Crippen LogP contribution is -2.25. The summed E-state index contributed by atoms with van der Waals surface area (Å²) in [6.45, 7) is 5.74. The first-order valence-electron chi connectivity index (χ1n) is 11.2. The average molecular weight is 381 g/mol. The van der Waals surface area contributed by atoms with Crippen LogP contribution in [0.15, 0.2) is 48.5 Å². The van der Waals surface area contributed by atoms with Crippen LogP contribution in [0.4, 0.5) is 0 Å². The van der Waals surface area contributed by atoms with Gasteiger partial charge in [0.2, 0.25) is 0 Å². The molecule has 0 spiro atoms. The summed E-state index contributed by atoms with van der Waals surface area (Å²) < 4.78 is 12.3. The van der Waals surface area contributed by atoms with E-state index < -0.39 is 0 Å². The summed E-state index contributed by atoms with van der Waals surface area (Å²) >= 11 is 0. The van der Waals surface area contributed by atoms with E-state index in [4.69, 9.17) is 9.47 Å². The standard InChI is InChI=1S/C26H36O2/c1-3-5-7-8-10-22-13-17-24(18-14-22)26-20-27-25(19-28-26)23-15-11-21(12-16-23)9-6-4-2/h11-18,25-26H,3-10,19-20H2,1-2H3/t25-,26+/m1/s1. The third-order valence-corrected chi connectivity index (χ3v) is 5.74. The Hall–Kier alpha value is -1.64. The van der Waals surface area contributed by atoms with Crippen molar-refractivity contribution in [3.63, 3.8) is 0 Å². The van der Waals surface area contributed by atoms with Crippen molar-refractivity contribution in [1.29, 1.82) is 0 Å². The molecule has 2 aromatic rings. The fourth-order valence-electron chi connectivity index (χ4n) is 3.82. The lowest BCUT2D eigenvalue weighted by atomic mass is 10.0. The Kier molecular flexibility index (Phi) is 8.57. The Bertz CT molecular complexity index is 667. The van der Waals surface area contributed by atoms with Crippen molar-refractivity contribution in [2.45, 2.75) is 77.4 Å². The minimum atomic E-state index is 0.0502. The summed E-state index contributed by atoms with van der Waals surface area (Å²) in [5.74, 6) is 0. The van der Waals surface area contributed by atoms with E-state index in [-0.39, 0.29) is 12.2 Å². The van der Waals surface area contributed by atoms with Gasteiger partial charge >= 0.3 is 0 Å². The molecule has 1 saturated heterocycles. The van der Waals surface area contributed by atoms with E-state index in [1.165, 1.54) is 67.2 Å². The summed E-state index contributed by atoms with van der Waals surface area (Å²) in [5, 5.41) is 0. The Morgan fingerprint density at radius 3 is 1.50 bits per heavy atom. The van der Waals surface area contributed by atoms with Crippen molar-refractivity contribution in [3.05, 3.63) is 70.8 Å². The van der Waals surface area contributed by atoms with Crippen molar-refractivity contribution in [3.8, 4) is 0 Å². The quantitative estimate of drug-likeness (QED) is 0.414. The highest BCUT2D eigenvalue weighted by molar-refractivity contribution is 5.26. The molecule has 3 rings (SSSR count). The molecule has 2 heteroatoms. The Morgan fingerprint density at radius 1 is 0.607 bits per heavy atom. The van der Waals surface area contributed by atoms with Crippen molar-refractivity contribution in [1.82, 2.24) is 0 Å². The van der Waals surface area contributed by atoms with Gasteiger partial charge in [-0.15, -0.1) is 0 Å². The summed E-state index contributed by atoms with van der Waals surface area (Å²) in [7, 11) is 0. The van der Waals surface area contributed by atoms with Gasteiger partial charge in [-0.05, 0) is 47.9 Å². The Morgan fingerprint density at radius 2 is 1.07 bits per heavy atom. The van der Waals surface area contributed by atoms with Crippen LogP contribution in [0.2, 0.25) is 0 Å². The molecule has 2 atom stereocenters. The van der Waals surface area contributed by atoms with Crippen molar-refractivity contribution in [2.24, 2.45) is 0 Å². The molecule has 0 aliphatic carbocycles. The van der Waals surface area contributed by atoms with Gasteiger partial charge in [-0.25, -0.2) is 0 Å². The third kappa shape index (κ3) is 6.18. The van der Waals surface area contributed by atoms with Crippen LogP contribution in [0.25, 0.3) is 0 Å². The summed E-state index contributed by atoms with van der Waals surface area (Å²) in [4.78, 5) is 0. The number of hydrogen-bond acceptors (Lipinski definition) is 2.